The van der Waals surface area contributed by atoms with Crippen LogP contribution in [0.5, 0.6) is 0 Å². The fourth-order valence-electron chi connectivity index (χ4n) is 4.27. The van der Waals surface area contributed by atoms with Gasteiger partial charge in [-0.2, -0.15) is 4.98 Å². The molecule has 0 saturated carbocycles. The summed E-state index contributed by atoms with van der Waals surface area (Å²) in [6.45, 7) is 3.20. The largest absolute Gasteiger partial charge is 0.423 e. The minimum atomic E-state index is 0.0676. The van der Waals surface area contributed by atoms with E-state index in [4.69, 9.17) is 4.42 Å². The molecule has 0 atom stereocenters. The average molecular weight is 402 g/mol. The minimum absolute atomic E-state index is 0.0676. The molecule has 0 aliphatic carbocycles. The van der Waals surface area contributed by atoms with Crippen LogP contribution in [0.15, 0.2) is 65.2 Å². The monoisotopic (exact) mass is 402 g/mol. The summed E-state index contributed by atoms with van der Waals surface area (Å²) >= 11 is 0. The van der Waals surface area contributed by atoms with Crippen molar-refractivity contribution >= 4 is 33.9 Å². The van der Waals surface area contributed by atoms with E-state index in [2.05, 4.69) is 56.3 Å². The van der Waals surface area contributed by atoms with Gasteiger partial charge in [-0.15, -0.1) is 0 Å². The Bertz CT molecular complexity index is 1120. The first-order valence-corrected chi connectivity index (χ1v) is 10.7. The van der Waals surface area contributed by atoms with E-state index < -0.39 is 0 Å². The fraction of sp³-hybridized carbons (Fsp3) is 0.333. The first-order valence-electron chi connectivity index (χ1n) is 10.7. The summed E-state index contributed by atoms with van der Waals surface area (Å²) in [7, 11) is 0. The molecule has 0 bridgehead atoms. The van der Waals surface area contributed by atoms with Crippen LogP contribution in [-0.4, -0.2) is 35.1 Å². The lowest BCUT2D eigenvalue weighted by atomic mass is 9.96. The number of nitrogens with one attached hydrogen (secondary N) is 1. The number of aromatic nitrogens is 2. The standard InChI is InChI=1S/C24H26N4O2/c29-23(25-13-5-14-27-15-10-18-6-1-3-8-21(18)27)19-11-16-28(17-12-19)24-26-20-7-2-4-9-22(20)30-24/h1-4,6-10,15,19H,5,11-14,16-17H2,(H,25,29). The zero-order valence-corrected chi connectivity index (χ0v) is 17.0. The number of carbonyl (C=O) groups excluding carboxylic acids is 1. The molecule has 0 radical (unpaired) electrons. The zero-order chi connectivity index (χ0) is 20.3. The topological polar surface area (TPSA) is 63.3 Å². The van der Waals surface area contributed by atoms with E-state index in [-0.39, 0.29) is 11.8 Å². The zero-order valence-electron chi connectivity index (χ0n) is 17.0. The van der Waals surface area contributed by atoms with E-state index in [0.717, 1.165) is 50.0 Å². The SMILES string of the molecule is O=C(NCCCn1ccc2ccccc21)C1CCN(c2nc3ccccc3o2)CC1. The Labute approximate surface area is 175 Å². The number of carbonyl (C=O) groups is 1. The van der Waals surface area contributed by atoms with Crippen LogP contribution < -0.4 is 10.2 Å². The molecule has 3 heterocycles. The highest BCUT2D eigenvalue weighted by Gasteiger charge is 2.27. The third kappa shape index (κ3) is 3.77. The Hall–Kier alpha value is -3.28. The Morgan fingerprint density at radius 1 is 1.07 bits per heavy atom. The molecular formula is C24H26N4O2. The summed E-state index contributed by atoms with van der Waals surface area (Å²) in [5.74, 6) is 0.239. The summed E-state index contributed by atoms with van der Waals surface area (Å²) in [4.78, 5) is 19.3. The molecule has 1 fully saturated rings. The van der Waals surface area contributed by atoms with Crippen LogP contribution in [0.1, 0.15) is 19.3 Å². The second kappa shape index (κ2) is 8.22. The van der Waals surface area contributed by atoms with Crippen molar-refractivity contribution in [2.75, 3.05) is 24.5 Å². The molecule has 6 heteroatoms. The Morgan fingerprint density at radius 2 is 1.87 bits per heavy atom. The Balaban J connectivity index is 1.08. The average Bonchev–Trinajstić information content (AvgIpc) is 3.41. The fourth-order valence-corrected chi connectivity index (χ4v) is 4.27. The molecule has 6 nitrogen and oxygen atoms in total. The second-order valence-corrected chi connectivity index (χ2v) is 7.94. The highest BCUT2D eigenvalue weighted by atomic mass is 16.4. The lowest BCUT2D eigenvalue weighted by Crippen LogP contribution is -2.41. The predicted octanol–water partition coefficient (Wildman–Crippen LogP) is 4.21. The number of piperidine rings is 1. The molecule has 30 heavy (non-hydrogen) atoms. The highest BCUT2D eigenvalue weighted by Crippen LogP contribution is 2.26. The van der Waals surface area contributed by atoms with Gasteiger partial charge < -0.3 is 19.2 Å². The Morgan fingerprint density at radius 3 is 2.73 bits per heavy atom. The van der Waals surface area contributed by atoms with Crippen molar-refractivity contribution in [3.05, 3.63) is 60.8 Å². The molecule has 0 spiro atoms. The molecule has 4 aromatic rings. The van der Waals surface area contributed by atoms with Gasteiger partial charge >= 0.3 is 0 Å². The maximum atomic E-state index is 12.6. The third-order valence-electron chi connectivity index (χ3n) is 5.97. The van der Waals surface area contributed by atoms with Crippen molar-refractivity contribution in [2.45, 2.75) is 25.8 Å². The number of benzene rings is 2. The van der Waals surface area contributed by atoms with E-state index in [1.165, 1.54) is 10.9 Å². The number of amides is 1. The molecule has 1 amide bonds. The van der Waals surface area contributed by atoms with E-state index in [1.807, 2.05) is 24.3 Å². The summed E-state index contributed by atoms with van der Waals surface area (Å²) in [6.07, 6.45) is 4.69. The summed E-state index contributed by atoms with van der Waals surface area (Å²) in [6, 6.07) is 19.0. The van der Waals surface area contributed by atoms with Gasteiger partial charge in [-0.05, 0) is 48.9 Å². The van der Waals surface area contributed by atoms with Crippen LogP contribution in [0.2, 0.25) is 0 Å². The van der Waals surface area contributed by atoms with Crippen molar-refractivity contribution in [1.29, 1.82) is 0 Å². The summed E-state index contributed by atoms with van der Waals surface area (Å²) < 4.78 is 8.11. The van der Waals surface area contributed by atoms with Crippen LogP contribution in [0.3, 0.4) is 0 Å². The van der Waals surface area contributed by atoms with Crippen LogP contribution in [-0.2, 0) is 11.3 Å². The number of para-hydroxylation sites is 3. The first kappa shape index (κ1) is 18.7. The summed E-state index contributed by atoms with van der Waals surface area (Å²) in [5.41, 5.74) is 2.93. The number of hydrogen-bond donors (Lipinski definition) is 1. The van der Waals surface area contributed by atoms with Crippen LogP contribution in [0.25, 0.3) is 22.0 Å². The second-order valence-electron chi connectivity index (χ2n) is 7.94. The molecule has 1 saturated heterocycles. The van der Waals surface area contributed by atoms with E-state index >= 15 is 0 Å². The smallest absolute Gasteiger partial charge is 0.298 e. The molecular weight excluding hydrogens is 376 g/mol. The van der Waals surface area contributed by atoms with Crippen LogP contribution >= 0.6 is 0 Å². The van der Waals surface area contributed by atoms with Crippen molar-refractivity contribution in [3.63, 3.8) is 0 Å². The number of nitrogens with zero attached hydrogens (tertiary/aromatic N) is 3. The van der Waals surface area contributed by atoms with Crippen molar-refractivity contribution in [3.8, 4) is 0 Å². The number of rotatable bonds is 6. The van der Waals surface area contributed by atoms with Gasteiger partial charge in [0.25, 0.3) is 6.01 Å². The lowest BCUT2D eigenvalue weighted by Gasteiger charge is -2.30. The molecule has 154 valence electrons. The van der Waals surface area contributed by atoms with Gasteiger partial charge in [-0.25, -0.2) is 0 Å². The van der Waals surface area contributed by atoms with Gasteiger partial charge in [0.1, 0.15) is 5.52 Å². The van der Waals surface area contributed by atoms with E-state index in [0.29, 0.717) is 12.6 Å². The van der Waals surface area contributed by atoms with E-state index in [1.54, 1.807) is 0 Å². The molecule has 2 aromatic carbocycles. The Kier molecular flexibility index (Phi) is 5.13. The van der Waals surface area contributed by atoms with Gasteiger partial charge in [0.15, 0.2) is 5.58 Å². The van der Waals surface area contributed by atoms with Gasteiger partial charge in [0.2, 0.25) is 5.91 Å². The van der Waals surface area contributed by atoms with Crippen LogP contribution in [0, 0.1) is 5.92 Å². The lowest BCUT2D eigenvalue weighted by molar-refractivity contribution is -0.125. The third-order valence-corrected chi connectivity index (χ3v) is 5.97. The number of aryl methyl sites for hydroxylation is 1. The summed E-state index contributed by atoms with van der Waals surface area (Å²) in [5, 5.41) is 4.39. The molecule has 1 N–H and O–H groups in total. The number of anilines is 1. The van der Waals surface area contributed by atoms with Crippen molar-refractivity contribution < 1.29 is 9.21 Å². The predicted molar refractivity (Wildman–Crippen MR) is 119 cm³/mol. The quantitative estimate of drug-likeness (QED) is 0.491. The van der Waals surface area contributed by atoms with Crippen molar-refractivity contribution in [2.24, 2.45) is 5.92 Å². The highest BCUT2D eigenvalue weighted by molar-refractivity contribution is 5.80. The molecule has 1 aliphatic rings. The number of fused-ring (bicyclic) bond motifs is 2. The number of hydrogen-bond acceptors (Lipinski definition) is 4. The van der Waals surface area contributed by atoms with Gasteiger partial charge in [-0.1, -0.05) is 30.3 Å². The molecule has 0 unspecified atom stereocenters. The maximum Gasteiger partial charge on any atom is 0.298 e. The van der Waals surface area contributed by atoms with E-state index in [9.17, 15) is 4.79 Å². The molecule has 5 rings (SSSR count). The van der Waals surface area contributed by atoms with Gasteiger partial charge in [-0.3, -0.25) is 4.79 Å². The minimum Gasteiger partial charge on any atom is -0.423 e. The molecule has 1 aliphatic heterocycles. The normalized spacial score (nSPS) is 15.1. The van der Waals surface area contributed by atoms with Gasteiger partial charge in [0.05, 0.1) is 0 Å². The maximum absolute atomic E-state index is 12.6. The van der Waals surface area contributed by atoms with Gasteiger partial charge in [0, 0.05) is 43.8 Å². The van der Waals surface area contributed by atoms with Crippen molar-refractivity contribution in [1.82, 2.24) is 14.9 Å². The number of oxazole rings is 1. The van der Waals surface area contributed by atoms with Crippen LogP contribution in [0.4, 0.5) is 6.01 Å². The first-order chi connectivity index (χ1) is 14.8. The molecule has 2 aromatic heterocycles.